The zero-order chi connectivity index (χ0) is 24.7. The molecule has 4 nitrogen and oxygen atoms in total. The highest BCUT2D eigenvalue weighted by molar-refractivity contribution is 5.77. The molecule has 2 aliphatic heterocycles. The van der Waals surface area contributed by atoms with E-state index < -0.39 is 11.8 Å². The monoisotopic (exact) mass is 474 g/mol. The molecular weight excluding hydrogens is 442 g/mol. The van der Waals surface area contributed by atoms with Gasteiger partial charge in [0, 0.05) is 62.0 Å². The average molecular weight is 475 g/mol. The number of fused-ring (bicyclic) bond motifs is 2. The fourth-order valence-electron chi connectivity index (χ4n) is 5.62. The third-order valence-corrected chi connectivity index (χ3v) is 7.63. The van der Waals surface area contributed by atoms with Gasteiger partial charge in [0.25, 0.3) is 5.92 Å². The lowest BCUT2D eigenvalue weighted by atomic mass is 9.82. The molecule has 2 heterocycles. The van der Waals surface area contributed by atoms with Crippen molar-refractivity contribution >= 4 is 23.2 Å². The molecule has 5 rings (SSSR count). The van der Waals surface area contributed by atoms with E-state index in [4.69, 9.17) is 5.41 Å². The standard InChI is InChI=1S/C29H32F2N4/c1-18-4-7-25-20(3)26(9-8-24(18)25)27-17-35(11-10-29(27,30)31)16-21(14-32)15-33-23-6-5-22-12-19(2)34-28(22)13-23/h5-6,8-9,13-15,27,32-34H,1-2,4,7,10-12,16-17H2,3H3/b21-15+,32-14?. The van der Waals surface area contributed by atoms with E-state index in [2.05, 4.69) is 29.9 Å². The Morgan fingerprint density at radius 3 is 2.89 bits per heavy atom. The zero-order valence-corrected chi connectivity index (χ0v) is 20.2. The van der Waals surface area contributed by atoms with Crippen molar-refractivity contribution in [3.05, 3.63) is 88.8 Å². The second-order valence-electron chi connectivity index (χ2n) is 9.99. The van der Waals surface area contributed by atoms with Crippen molar-refractivity contribution in [2.45, 2.75) is 44.4 Å². The van der Waals surface area contributed by atoms with E-state index in [0.717, 1.165) is 64.2 Å². The third-order valence-electron chi connectivity index (χ3n) is 7.63. The predicted molar refractivity (Wildman–Crippen MR) is 141 cm³/mol. The van der Waals surface area contributed by atoms with Gasteiger partial charge >= 0.3 is 0 Å². The lowest BCUT2D eigenvalue weighted by Crippen LogP contribution is -2.46. The number of anilines is 2. The van der Waals surface area contributed by atoms with E-state index in [9.17, 15) is 0 Å². The Bertz CT molecular complexity index is 1240. The summed E-state index contributed by atoms with van der Waals surface area (Å²) in [7, 11) is 0. The highest BCUT2D eigenvalue weighted by Crippen LogP contribution is 2.44. The average Bonchev–Trinajstić information content (AvgIpc) is 3.39. The summed E-state index contributed by atoms with van der Waals surface area (Å²) in [6.07, 6.45) is 5.54. The molecule has 0 spiro atoms. The van der Waals surface area contributed by atoms with Crippen molar-refractivity contribution < 1.29 is 8.78 Å². The van der Waals surface area contributed by atoms with Crippen LogP contribution < -0.4 is 10.6 Å². The van der Waals surface area contributed by atoms with Gasteiger partial charge in [-0.3, -0.25) is 4.90 Å². The highest BCUT2D eigenvalue weighted by atomic mass is 19.3. The fourth-order valence-corrected chi connectivity index (χ4v) is 5.62. The maximum absolute atomic E-state index is 15.1. The van der Waals surface area contributed by atoms with Gasteiger partial charge < -0.3 is 16.0 Å². The Kier molecular flexibility index (Phi) is 6.09. The molecule has 2 aromatic carbocycles. The number of hydrogen-bond acceptors (Lipinski definition) is 4. The van der Waals surface area contributed by atoms with Crippen molar-refractivity contribution in [2.75, 3.05) is 30.3 Å². The number of alkyl halides is 2. The first-order valence-electron chi connectivity index (χ1n) is 12.2. The smallest absolute Gasteiger partial charge is 0.257 e. The number of benzene rings is 2. The predicted octanol–water partition coefficient (Wildman–Crippen LogP) is 6.51. The van der Waals surface area contributed by atoms with E-state index in [-0.39, 0.29) is 13.0 Å². The molecule has 3 N–H and O–H groups in total. The first-order chi connectivity index (χ1) is 16.7. The van der Waals surface area contributed by atoms with Gasteiger partial charge in [0.2, 0.25) is 0 Å². The molecule has 1 aliphatic carbocycles. The van der Waals surface area contributed by atoms with Crippen LogP contribution in [0.2, 0.25) is 0 Å². The molecule has 6 heteroatoms. The Balaban J connectivity index is 1.31. The zero-order valence-electron chi connectivity index (χ0n) is 20.2. The van der Waals surface area contributed by atoms with Crippen LogP contribution >= 0.6 is 0 Å². The largest absolute Gasteiger partial charge is 0.361 e. The summed E-state index contributed by atoms with van der Waals surface area (Å²) >= 11 is 0. The summed E-state index contributed by atoms with van der Waals surface area (Å²) in [5.74, 6) is -3.61. The lowest BCUT2D eigenvalue weighted by molar-refractivity contribution is -0.0741. The van der Waals surface area contributed by atoms with Gasteiger partial charge in [0.05, 0.1) is 5.92 Å². The molecule has 1 unspecified atom stereocenters. The second kappa shape index (κ2) is 9.08. The molecule has 0 bridgehead atoms. The number of rotatable bonds is 6. The topological polar surface area (TPSA) is 51.2 Å². The van der Waals surface area contributed by atoms with Gasteiger partial charge in [0.15, 0.2) is 0 Å². The summed E-state index contributed by atoms with van der Waals surface area (Å²) in [5, 5.41) is 14.4. The van der Waals surface area contributed by atoms with Gasteiger partial charge in [0.1, 0.15) is 0 Å². The summed E-state index contributed by atoms with van der Waals surface area (Å²) in [6, 6.07) is 9.95. The van der Waals surface area contributed by atoms with Crippen LogP contribution in [0, 0.1) is 12.3 Å². The van der Waals surface area contributed by atoms with E-state index in [0.29, 0.717) is 13.1 Å². The molecular formula is C29H32F2N4. The Labute approximate surface area is 205 Å². The van der Waals surface area contributed by atoms with Gasteiger partial charge in [-0.1, -0.05) is 31.4 Å². The van der Waals surface area contributed by atoms with Gasteiger partial charge in [-0.2, -0.15) is 0 Å². The van der Waals surface area contributed by atoms with E-state index in [1.807, 2.05) is 36.1 Å². The van der Waals surface area contributed by atoms with E-state index in [1.54, 1.807) is 6.20 Å². The van der Waals surface area contributed by atoms with Crippen LogP contribution in [-0.2, 0) is 12.8 Å². The number of likely N-dealkylation sites (tertiary alicyclic amines) is 1. The summed E-state index contributed by atoms with van der Waals surface area (Å²) in [6.45, 7) is 11.1. The SMILES string of the molecule is C=C1Cc2ccc(N/C=C(\C=N)CN3CCC(F)(F)C(c4ccc5c(c4C)CCC5=C)C3)cc2N1. The lowest BCUT2D eigenvalue weighted by Gasteiger charge is -2.39. The maximum Gasteiger partial charge on any atom is 0.257 e. The molecule has 0 amide bonds. The molecule has 35 heavy (non-hydrogen) atoms. The minimum Gasteiger partial charge on any atom is -0.361 e. The summed E-state index contributed by atoms with van der Waals surface area (Å²) in [5.41, 5.74) is 10.0. The maximum atomic E-state index is 15.1. The molecule has 1 fully saturated rings. The molecule has 1 saturated heterocycles. The Morgan fingerprint density at radius 2 is 2.09 bits per heavy atom. The highest BCUT2D eigenvalue weighted by Gasteiger charge is 2.45. The quantitative estimate of drug-likeness (QED) is 0.419. The van der Waals surface area contributed by atoms with Gasteiger partial charge in [-0.05, 0) is 70.9 Å². The molecule has 1 atom stereocenters. The van der Waals surface area contributed by atoms with Crippen LogP contribution in [0.5, 0.6) is 0 Å². The van der Waals surface area contributed by atoms with Crippen molar-refractivity contribution in [3.8, 4) is 0 Å². The number of piperidine rings is 1. The fraction of sp³-hybridized carbons (Fsp3) is 0.345. The van der Waals surface area contributed by atoms with Crippen LogP contribution in [0.15, 0.2) is 61.0 Å². The number of halogens is 2. The Morgan fingerprint density at radius 1 is 1.26 bits per heavy atom. The van der Waals surface area contributed by atoms with Crippen LogP contribution in [0.25, 0.3) is 5.57 Å². The van der Waals surface area contributed by atoms with Crippen molar-refractivity contribution in [1.82, 2.24) is 4.90 Å². The van der Waals surface area contributed by atoms with Crippen LogP contribution in [0.3, 0.4) is 0 Å². The molecule has 0 saturated carbocycles. The van der Waals surface area contributed by atoms with E-state index >= 15 is 8.78 Å². The number of hydrogen-bond donors (Lipinski definition) is 3. The molecule has 0 aromatic heterocycles. The summed E-state index contributed by atoms with van der Waals surface area (Å²) in [4.78, 5) is 2.04. The Hall–Kier alpha value is -3.25. The first-order valence-corrected chi connectivity index (χ1v) is 12.2. The number of nitrogens with zero attached hydrogens (tertiary/aromatic N) is 1. The number of allylic oxidation sites excluding steroid dienone is 2. The second-order valence-corrected chi connectivity index (χ2v) is 9.99. The molecule has 3 aliphatic rings. The van der Waals surface area contributed by atoms with Crippen molar-refractivity contribution in [2.24, 2.45) is 0 Å². The summed E-state index contributed by atoms with van der Waals surface area (Å²) < 4.78 is 30.3. The van der Waals surface area contributed by atoms with Crippen molar-refractivity contribution in [3.63, 3.8) is 0 Å². The minimum atomic E-state index is -2.75. The van der Waals surface area contributed by atoms with Crippen molar-refractivity contribution in [1.29, 1.82) is 5.41 Å². The van der Waals surface area contributed by atoms with Gasteiger partial charge in [-0.15, -0.1) is 0 Å². The molecule has 182 valence electrons. The van der Waals surface area contributed by atoms with Crippen LogP contribution in [-0.4, -0.2) is 36.7 Å². The molecule has 2 aromatic rings. The van der Waals surface area contributed by atoms with Crippen LogP contribution in [0.1, 0.15) is 46.6 Å². The first kappa shape index (κ1) is 23.5. The number of nitrogens with one attached hydrogen (secondary N) is 3. The van der Waals surface area contributed by atoms with Crippen LogP contribution in [0.4, 0.5) is 20.2 Å². The minimum absolute atomic E-state index is 0.181. The third kappa shape index (κ3) is 4.55. The van der Waals surface area contributed by atoms with Gasteiger partial charge in [-0.25, -0.2) is 8.78 Å². The normalized spacial score (nSPS) is 21.5. The van der Waals surface area contributed by atoms with E-state index in [1.165, 1.54) is 17.3 Å². The molecule has 0 radical (unpaired) electrons.